The zero-order valence-corrected chi connectivity index (χ0v) is 9.92. The van der Waals surface area contributed by atoms with Crippen molar-refractivity contribution < 1.29 is 9.53 Å². The van der Waals surface area contributed by atoms with E-state index in [1.54, 1.807) is 13.0 Å². The Kier molecular flexibility index (Phi) is 8.84. The molecule has 2 heteroatoms. The zero-order chi connectivity index (χ0) is 11.5. The largest absolute Gasteiger partial charge is 0.462 e. The van der Waals surface area contributed by atoms with Crippen LogP contribution in [0, 0.1) is 0 Å². The summed E-state index contributed by atoms with van der Waals surface area (Å²) < 4.78 is 5.11. The first-order chi connectivity index (χ1) is 7.22. The SMILES string of the molecule is C=CCC=C(C)C(=O)OCCCCCC. The molecule has 15 heavy (non-hydrogen) atoms. The average Bonchev–Trinajstić information content (AvgIpc) is 2.25. The first-order valence-corrected chi connectivity index (χ1v) is 5.67. The number of rotatable bonds is 8. The number of ether oxygens (including phenoxy) is 1. The van der Waals surface area contributed by atoms with Gasteiger partial charge in [-0.15, -0.1) is 6.58 Å². The molecule has 0 radical (unpaired) electrons. The van der Waals surface area contributed by atoms with E-state index in [9.17, 15) is 4.79 Å². The highest BCUT2D eigenvalue weighted by atomic mass is 16.5. The predicted octanol–water partition coefficient (Wildman–Crippen LogP) is 3.63. The van der Waals surface area contributed by atoms with Crippen LogP contribution in [0.25, 0.3) is 0 Å². The van der Waals surface area contributed by atoms with Crippen LogP contribution in [0.3, 0.4) is 0 Å². The summed E-state index contributed by atoms with van der Waals surface area (Å²) in [6.07, 6.45) is 8.83. The van der Waals surface area contributed by atoms with Gasteiger partial charge in [-0.25, -0.2) is 4.79 Å². The highest BCUT2D eigenvalue weighted by Gasteiger charge is 2.03. The molecular weight excluding hydrogens is 188 g/mol. The standard InChI is InChI=1S/C13H22O2/c1-4-6-8-9-11-15-13(14)12(3)10-7-5-2/h5,10H,2,4,6-9,11H2,1,3H3. The maximum atomic E-state index is 11.4. The van der Waals surface area contributed by atoms with Gasteiger partial charge in [-0.05, 0) is 19.8 Å². The van der Waals surface area contributed by atoms with Crippen molar-refractivity contribution in [1.82, 2.24) is 0 Å². The summed E-state index contributed by atoms with van der Waals surface area (Å²) >= 11 is 0. The number of carbonyl (C=O) groups excluding carboxylic acids is 1. The molecule has 0 aliphatic rings. The van der Waals surface area contributed by atoms with Crippen LogP contribution in [0.4, 0.5) is 0 Å². The van der Waals surface area contributed by atoms with E-state index < -0.39 is 0 Å². The Bertz CT molecular complexity index is 217. The molecule has 0 aromatic carbocycles. The van der Waals surface area contributed by atoms with Crippen molar-refractivity contribution in [2.45, 2.75) is 46.0 Å². The molecule has 0 unspecified atom stereocenters. The van der Waals surface area contributed by atoms with Crippen molar-refractivity contribution in [3.05, 3.63) is 24.3 Å². The van der Waals surface area contributed by atoms with Crippen molar-refractivity contribution in [3.63, 3.8) is 0 Å². The number of hydrogen-bond acceptors (Lipinski definition) is 2. The van der Waals surface area contributed by atoms with E-state index in [1.807, 2.05) is 6.08 Å². The fourth-order valence-corrected chi connectivity index (χ4v) is 1.15. The summed E-state index contributed by atoms with van der Waals surface area (Å²) in [5.74, 6) is -0.201. The van der Waals surface area contributed by atoms with Gasteiger partial charge in [0.25, 0.3) is 0 Å². The van der Waals surface area contributed by atoms with Crippen LogP contribution in [0.1, 0.15) is 46.0 Å². The predicted molar refractivity (Wildman–Crippen MR) is 63.7 cm³/mol. The van der Waals surface area contributed by atoms with Crippen LogP contribution < -0.4 is 0 Å². The maximum absolute atomic E-state index is 11.4. The molecule has 0 saturated carbocycles. The topological polar surface area (TPSA) is 26.3 Å². The summed E-state index contributed by atoms with van der Waals surface area (Å²) in [5.41, 5.74) is 0.672. The van der Waals surface area contributed by atoms with E-state index in [2.05, 4.69) is 13.5 Å². The van der Waals surface area contributed by atoms with E-state index in [0.29, 0.717) is 12.2 Å². The molecule has 0 aromatic heterocycles. The van der Waals surface area contributed by atoms with Crippen LogP contribution in [-0.4, -0.2) is 12.6 Å². The van der Waals surface area contributed by atoms with Crippen LogP contribution in [0.5, 0.6) is 0 Å². The zero-order valence-electron chi connectivity index (χ0n) is 9.92. The van der Waals surface area contributed by atoms with Gasteiger partial charge in [0.05, 0.1) is 6.61 Å². The Morgan fingerprint density at radius 1 is 1.33 bits per heavy atom. The minimum absolute atomic E-state index is 0.201. The molecule has 0 spiro atoms. The lowest BCUT2D eigenvalue weighted by atomic mass is 10.2. The minimum Gasteiger partial charge on any atom is -0.462 e. The lowest BCUT2D eigenvalue weighted by Gasteiger charge is -2.04. The van der Waals surface area contributed by atoms with E-state index in [-0.39, 0.29) is 5.97 Å². The molecule has 0 heterocycles. The molecular formula is C13H22O2. The van der Waals surface area contributed by atoms with E-state index >= 15 is 0 Å². The Balaban J connectivity index is 3.59. The third-order valence-electron chi connectivity index (χ3n) is 2.14. The van der Waals surface area contributed by atoms with Crippen molar-refractivity contribution in [3.8, 4) is 0 Å². The first kappa shape index (κ1) is 13.9. The molecule has 0 aliphatic heterocycles. The lowest BCUT2D eigenvalue weighted by molar-refractivity contribution is -0.139. The highest BCUT2D eigenvalue weighted by Crippen LogP contribution is 2.03. The number of esters is 1. The van der Waals surface area contributed by atoms with E-state index in [4.69, 9.17) is 4.74 Å². The van der Waals surface area contributed by atoms with Crippen LogP contribution in [-0.2, 0) is 9.53 Å². The fraction of sp³-hybridized carbons (Fsp3) is 0.615. The third-order valence-corrected chi connectivity index (χ3v) is 2.14. The van der Waals surface area contributed by atoms with Crippen LogP contribution >= 0.6 is 0 Å². The minimum atomic E-state index is -0.201. The molecule has 0 atom stereocenters. The molecule has 0 aliphatic carbocycles. The summed E-state index contributed by atoms with van der Waals surface area (Å²) in [6, 6.07) is 0. The maximum Gasteiger partial charge on any atom is 0.333 e. The molecule has 0 amide bonds. The molecule has 0 fully saturated rings. The number of unbranched alkanes of at least 4 members (excludes halogenated alkanes) is 3. The summed E-state index contributed by atoms with van der Waals surface area (Å²) in [7, 11) is 0. The highest BCUT2D eigenvalue weighted by molar-refractivity contribution is 5.87. The number of carbonyl (C=O) groups is 1. The number of hydrogen-bond donors (Lipinski definition) is 0. The van der Waals surface area contributed by atoms with Gasteiger partial charge in [0.15, 0.2) is 0 Å². The second-order valence-corrected chi connectivity index (χ2v) is 3.61. The molecule has 0 bridgehead atoms. The van der Waals surface area contributed by atoms with Crippen LogP contribution in [0.15, 0.2) is 24.3 Å². The van der Waals surface area contributed by atoms with Crippen molar-refractivity contribution in [2.75, 3.05) is 6.61 Å². The Labute approximate surface area is 93.0 Å². The van der Waals surface area contributed by atoms with Crippen molar-refractivity contribution >= 4 is 5.97 Å². The quantitative estimate of drug-likeness (QED) is 0.265. The van der Waals surface area contributed by atoms with E-state index in [1.165, 1.54) is 12.8 Å². The monoisotopic (exact) mass is 210 g/mol. The first-order valence-electron chi connectivity index (χ1n) is 5.67. The second-order valence-electron chi connectivity index (χ2n) is 3.61. The van der Waals surface area contributed by atoms with Gasteiger partial charge in [-0.1, -0.05) is 38.3 Å². The van der Waals surface area contributed by atoms with Crippen LogP contribution in [0.2, 0.25) is 0 Å². The third kappa shape index (κ3) is 7.98. The Morgan fingerprint density at radius 3 is 2.67 bits per heavy atom. The molecule has 0 rings (SSSR count). The summed E-state index contributed by atoms with van der Waals surface area (Å²) in [4.78, 5) is 11.4. The average molecular weight is 210 g/mol. The van der Waals surface area contributed by atoms with Crippen molar-refractivity contribution in [2.24, 2.45) is 0 Å². The summed E-state index contributed by atoms with van der Waals surface area (Å²) in [6.45, 7) is 8.07. The molecule has 0 aromatic rings. The molecule has 86 valence electrons. The second kappa shape index (κ2) is 9.50. The molecule has 0 saturated heterocycles. The Morgan fingerprint density at radius 2 is 2.07 bits per heavy atom. The molecule has 2 nitrogen and oxygen atoms in total. The van der Waals surface area contributed by atoms with Gasteiger partial charge in [0, 0.05) is 5.57 Å². The fourth-order valence-electron chi connectivity index (χ4n) is 1.15. The van der Waals surface area contributed by atoms with Gasteiger partial charge in [-0.2, -0.15) is 0 Å². The van der Waals surface area contributed by atoms with Gasteiger partial charge >= 0.3 is 5.97 Å². The van der Waals surface area contributed by atoms with Gasteiger partial charge < -0.3 is 4.74 Å². The lowest BCUT2D eigenvalue weighted by Crippen LogP contribution is -2.07. The Hall–Kier alpha value is -1.05. The number of allylic oxidation sites excluding steroid dienone is 2. The van der Waals surface area contributed by atoms with Gasteiger partial charge in [-0.3, -0.25) is 0 Å². The summed E-state index contributed by atoms with van der Waals surface area (Å²) in [5, 5.41) is 0. The van der Waals surface area contributed by atoms with Gasteiger partial charge in [0.1, 0.15) is 0 Å². The van der Waals surface area contributed by atoms with Crippen molar-refractivity contribution in [1.29, 1.82) is 0 Å². The van der Waals surface area contributed by atoms with E-state index in [0.717, 1.165) is 19.3 Å². The normalized spacial score (nSPS) is 11.2. The molecule has 0 N–H and O–H groups in total. The smallest absolute Gasteiger partial charge is 0.333 e. The van der Waals surface area contributed by atoms with Gasteiger partial charge in [0.2, 0.25) is 0 Å².